The van der Waals surface area contributed by atoms with E-state index in [0.29, 0.717) is 23.9 Å². The third-order valence-corrected chi connectivity index (χ3v) is 2.66. The first-order valence-corrected chi connectivity index (χ1v) is 5.02. The van der Waals surface area contributed by atoms with Crippen molar-refractivity contribution in [1.82, 2.24) is 0 Å². The van der Waals surface area contributed by atoms with Crippen LogP contribution in [0.15, 0.2) is 24.3 Å². The zero-order valence-electron chi connectivity index (χ0n) is 8.02. The number of carbonyl (C=O) groups excluding carboxylic acids is 1. The van der Waals surface area contributed by atoms with E-state index < -0.39 is 6.09 Å². The van der Waals surface area contributed by atoms with Crippen LogP contribution < -0.4 is 10.6 Å². The molecule has 1 aliphatic heterocycles. The second-order valence-electron chi connectivity index (χ2n) is 3.29. The lowest BCUT2D eigenvalue weighted by Gasteiger charge is -2.20. The number of hydrogen-bond donors (Lipinski definition) is 1. The molecule has 0 bridgehead atoms. The van der Waals surface area contributed by atoms with Crippen LogP contribution in [-0.4, -0.2) is 25.3 Å². The molecule has 1 fully saturated rings. The normalized spacial score (nSPS) is 20.5. The van der Waals surface area contributed by atoms with Crippen LogP contribution in [0.25, 0.3) is 0 Å². The van der Waals surface area contributed by atoms with Gasteiger partial charge in [0.1, 0.15) is 6.61 Å². The first-order valence-electron chi connectivity index (χ1n) is 4.64. The van der Waals surface area contributed by atoms with E-state index in [1.54, 1.807) is 12.1 Å². The summed E-state index contributed by atoms with van der Waals surface area (Å²) in [5.74, 6) is 0. The van der Waals surface area contributed by atoms with Gasteiger partial charge in [0.2, 0.25) is 0 Å². The highest BCUT2D eigenvalue weighted by Crippen LogP contribution is 2.29. The van der Waals surface area contributed by atoms with E-state index in [1.807, 2.05) is 12.1 Å². The van der Waals surface area contributed by atoms with E-state index in [9.17, 15) is 4.79 Å². The van der Waals surface area contributed by atoms with E-state index in [4.69, 9.17) is 22.1 Å². The summed E-state index contributed by atoms with van der Waals surface area (Å²) in [6.07, 6.45) is -0.390. The van der Waals surface area contributed by atoms with Crippen molar-refractivity contribution in [2.24, 2.45) is 5.73 Å². The summed E-state index contributed by atoms with van der Waals surface area (Å²) in [7, 11) is 0. The molecule has 0 spiro atoms. The van der Waals surface area contributed by atoms with Crippen molar-refractivity contribution in [2.75, 3.05) is 18.1 Å². The zero-order valence-corrected chi connectivity index (χ0v) is 8.78. The number of nitrogens with two attached hydrogens (primary N) is 1. The number of hydrogen-bond acceptors (Lipinski definition) is 3. The topological polar surface area (TPSA) is 55.6 Å². The number of rotatable bonds is 2. The number of halogens is 1. The van der Waals surface area contributed by atoms with Gasteiger partial charge in [0.15, 0.2) is 0 Å². The molecule has 1 unspecified atom stereocenters. The van der Waals surface area contributed by atoms with Gasteiger partial charge in [-0.05, 0) is 12.1 Å². The Hall–Kier alpha value is -1.26. The Balaban J connectivity index is 2.36. The molecule has 0 saturated carbocycles. The molecule has 1 heterocycles. The fourth-order valence-corrected chi connectivity index (χ4v) is 1.80. The standard InChI is InChI=1S/C10H11ClN2O2/c11-8-3-1-2-4-9(8)13-7(5-12)6-15-10(13)14/h1-4,7H,5-6,12H2. The summed E-state index contributed by atoms with van der Waals surface area (Å²) in [5, 5.41) is 0.523. The molecule has 4 nitrogen and oxygen atoms in total. The van der Waals surface area contributed by atoms with Crippen LogP contribution >= 0.6 is 11.6 Å². The minimum Gasteiger partial charge on any atom is -0.447 e. The summed E-state index contributed by atoms with van der Waals surface area (Å²) >= 11 is 6.00. The number of amides is 1. The van der Waals surface area contributed by atoms with Gasteiger partial charge >= 0.3 is 6.09 Å². The van der Waals surface area contributed by atoms with Crippen molar-refractivity contribution in [1.29, 1.82) is 0 Å². The molecule has 2 N–H and O–H groups in total. The maximum Gasteiger partial charge on any atom is 0.414 e. The molecular weight excluding hydrogens is 216 g/mol. The average molecular weight is 227 g/mol. The molecule has 80 valence electrons. The molecule has 1 saturated heterocycles. The average Bonchev–Trinajstić information content (AvgIpc) is 2.60. The van der Waals surface area contributed by atoms with Gasteiger partial charge in [0.25, 0.3) is 0 Å². The van der Waals surface area contributed by atoms with Gasteiger partial charge in [0, 0.05) is 6.54 Å². The summed E-state index contributed by atoms with van der Waals surface area (Å²) < 4.78 is 4.93. The van der Waals surface area contributed by atoms with Crippen LogP contribution in [0.3, 0.4) is 0 Å². The molecule has 1 aliphatic rings. The quantitative estimate of drug-likeness (QED) is 0.834. The predicted octanol–water partition coefficient (Wildman–Crippen LogP) is 1.62. The number of nitrogens with zero attached hydrogens (tertiary/aromatic N) is 1. The van der Waals surface area contributed by atoms with Gasteiger partial charge < -0.3 is 10.5 Å². The molecule has 15 heavy (non-hydrogen) atoms. The molecular formula is C10H11ClN2O2. The lowest BCUT2D eigenvalue weighted by molar-refractivity contribution is 0.179. The van der Waals surface area contributed by atoms with Crippen LogP contribution in [0, 0.1) is 0 Å². The molecule has 0 aliphatic carbocycles. The van der Waals surface area contributed by atoms with Crippen molar-refractivity contribution >= 4 is 23.4 Å². The van der Waals surface area contributed by atoms with Crippen molar-refractivity contribution in [3.05, 3.63) is 29.3 Å². The molecule has 5 heteroatoms. The molecule has 1 amide bonds. The number of anilines is 1. The Morgan fingerprint density at radius 2 is 2.27 bits per heavy atom. The van der Waals surface area contributed by atoms with Crippen LogP contribution in [0.4, 0.5) is 10.5 Å². The fourth-order valence-electron chi connectivity index (χ4n) is 1.58. The Labute approximate surface area is 92.6 Å². The maximum absolute atomic E-state index is 11.5. The van der Waals surface area contributed by atoms with Gasteiger partial charge in [0.05, 0.1) is 16.8 Å². The summed E-state index contributed by atoms with van der Waals surface area (Å²) in [4.78, 5) is 13.0. The van der Waals surface area contributed by atoms with Crippen LogP contribution in [0.1, 0.15) is 0 Å². The first-order chi connectivity index (χ1) is 7.24. The number of benzene rings is 1. The van der Waals surface area contributed by atoms with Gasteiger partial charge in [-0.15, -0.1) is 0 Å². The highest BCUT2D eigenvalue weighted by molar-refractivity contribution is 6.33. The molecule has 1 atom stereocenters. The SMILES string of the molecule is NCC1COC(=O)N1c1ccccc1Cl. The van der Waals surface area contributed by atoms with Gasteiger partial charge in [-0.3, -0.25) is 4.90 Å². The Morgan fingerprint density at radius 3 is 2.93 bits per heavy atom. The van der Waals surface area contributed by atoms with Crippen molar-refractivity contribution in [2.45, 2.75) is 6.04 Å². The predicted molar refractivity (Wildman–Crippen MR) is 58.1 cm³/mol. The Morgan fingerprint density at radius 1 is 1.53 bits per heavy atom. The third-order valence-electron chi connectivity index (χ3n) is 2.35. The number of para-hydroxylation sites is 1. The third kappa shape index (κ3) is 1.78. The smallest absolute Gasteiger partial charge is 0.414 e. The summed E-state index contributed by atoms with van der Waals surface area (Å²) in [6.45, 7) is 0.678. The minimum atomic E-state index is -0.390. The fraction of sp³-hybridized carbons (Fsp3) is 0.300. The lowest BCUT2D eigenvalue weighted by atomic mass is 10.2. The Kier molecular flexibility index (Phi) is 2.79. The van der Waals surface area contributed by atoms with Crippen molar-refractivity contribution < 1.29 is 9.53 Å². The molecule has 2 rings (SSSR count). The lowest BCUT2D eigenvalue weighted by Crippen LogP contribution is -2.39. The second kappa shape index (κ2) is 4.08. The van der Waals surface area contributed by atoms with Gasteiger partial charge in [-0.1, -0.05) is 23.7 Å². The molecule has 0 radical (unpaired) electrons. The van der Waals surface area contributed by atoms with E-state index in [0.717, 1.165) is 0 Å². The summed E-state index contributed by atoms with van der Waals surface area (Å²) in [5.41, 5.74) is 6.21. The van der Waals surface area contributed by atoms with E-state index in [1.165, 1.54) is 4.90 Å². The number of carbonyl (C=O) groups is 1. The van der Waals surface area contributed by atoms with Crippen LogP contribution in [-0.2, 0) is 4.74 Å². The van der Waals surface area contributed by atoms with Crippen LogP contribution in [0.5, 0.6) is 0 Å². The monoisotopic (exact) mass is 226 g/mol. The van der Waals surface area contributed by atoms with Gasteiger partial charge in [-0.25, -0.2) is 4.79 Å². The Bertz CT molecular complexity index is 383. The maximum atomic E-state index is 11.5. The van der Waals surface area contributed by atoms with Crippen molar-refractivity contribution in [3.8, 4) is 0 Å². The van der Waals surface area contributed by atoms with E-state index in [2.05, 4.69) is 0 Å². The molecule has 1 aromatic carbocycles. The highest BCUT2D eigenvalue weighted by atomic mass is 35.5. The largest absolute Gasteiger partial charge is 0.447 e. The number of cyclic esters (lactones) is 1. The number of ether oxygens (including phenoxy) is 1. The first kappa shape index (κ1) is 10.3. The van der Waals surface area contributed by atoms with E-state index in [-0.39, 0.29) is 6.04 Å². The summed E-state index contributed by atoms with van der Waals surface area (Å²) in [6, 6.07) is 7.01. The van der Waals surface area contributed by atoms with Crippen molar-refractivity contribution in [3.63, 3.8) is 0 Å². The molecule has 1 aromatic rings. The zero-order chi connectivity index (χ0) is 10.8. The van der Waals surface area contributed by atoms with E-state index >= 15 is 0 Å². The molecule has 0 aromatic heterocycles. The highest BCUT2D eigenvalue weighted by Gasteiger charge is 2.34. The van der Waals surface area contributed by atoms with Gasteiger partial charge in [-0.2, -0.15) is 0 Å². The minimum absolute atomic E-state index is 0.127. The van der Waals surface area contributed by atoms with Crippen LogP contribution in [0.2, 0.25) is 5.02 Å². The second-order valence-corrected chi connectivity index (χ2v) is 3.70.